The van der Waals surface area contributed by atoms with Gasteiger partial charge in [-0.15, -0.1) is 0 Å². The summed E-state index contributed by atoms with van der Waals surface area (Å²) in [6, 6.07) is 12.1. The third-order valence-corrected chi connectivity index (χ3v) is 6.56. The molecule has 2 aromatic rings. The van der Waals surface area contributed by atoms with Crippen molar-refractivity contribution in [3.8, 4) is 0 Å². The maximum atomic E-state index is 10.3. The van der Waals surface area contributed by atoms with E-state index in [2.05, 4.69) is 13.1 Å². The summed E-state index contributed by atoms with van der Waals surface area (Å²) in [6.45, 7) is 4.35. The summed E-state index contributed by atoms with van der Waals surface area (Å²) in [5.41, 5.74) is 12.3. The largest absolute Gasteiger partial charge is 0.478 e. The molecule has 0 radical (unpaired) electrons. The molecule has 0 aliphatic heterocycles. The molecule has 2 aromatic carbocycles. The van der Waals surface area contributed by atoms with Crippen molar-refractivity contribution in [3.63, 3.8) is 0 Å². The lowest BCUT2D eigenvalue weighted by molar-refractivity contribution is 0.0686. The molecule has 0 atom stereocenters. The van der Waals surface area contributed by atoms with Gasteiger partial charge in [0.15, 0.2) is 9.04 Å². The van der Waals surface area contributed by atoms with E-state index < -0.39 is 21.0 Å². The van der Waals surface area contributed by atoms with Crippen LogP contribution in [0.5, 0.6) is 0 Å². The van der Waals surface area contributed by atoms with E-state index in [-0.39, 0.29) is 11.1 Å². The molecule has 0 amide bonds. The van der Waals surface area contributed by atoms with E-state index in [4.69, 9.17) is 25.8 Å². The number of anilines is 2. The molecule has 0 fully saturated rings. The van der Waals surface area contributed by atoms with Crippen molar-refractivity contribution in [2.24, 2.45) is 0 Å². The summed E-state index contributed by atoms with van der Waals surface area (Å²) in [5, 5.41) is 16.9. The molecule has 7 nitrogen and oxygen atoms in total. The topological polar surface area (TPSA) is 136 Å². The van der Waals surface area contributed by atoms with Crippen molar-refractivity contribution in [2.45, 2.75) is 13.1 Å². The molecule has 0 aliphatic carbocycles. The van der Waals surface area contributed by atoms with E-state index in [9.17, 15) is 9.59 Å². The Balaban J connectivity index is 0.000000368. The van der Waals surface area contributed by atoms with Crippen molar-refractivity contribution in [3.05, 3.63) is 59.7 Å². The number of aromatic carboxylic acids is 2. The Hall–Kier alpha value is -2.63. The van der Waals surface area contributed by atoms with Crippen LogP contribution in [0.4, 0.5) is 11.4 Å². The summed E-state index contributed by atoms with van der Waals surface area (Å²) in [6.07, 6.45) is 0. The van der Waals surface area contributed by atoms with Crippen molar-refractivity contribution in [2.75, 3.05) is 11.5 Å². The van der Waals surface area contributed by atoms with E-state index in [1.807, 2.05) is 0 Å². The summed E-state index contributed by atoms with van der Waals surface area (Å²) in [7, 11) is 0.347. The van der Waals surface area contributed by atoms with Crippen LogP contribution in [-0.2, 0) is 4.12 Å². The van der Waals surface area contributed by atoms with Crippen LogP contribution in [-0.4, -0.2) is 41.7 Å². The Morgan fingerprint density at radius 3 is 1.24 bits per heavy atom. The van der Waals surface area contributed by atoms with Gasteiger partial charge in [-0.2, -0.15) is 0 Å². The van der Waals surface area contributed by atoms with Gasteiger partial charge in [0.05, 0.1) is 11.1 Å². The highest BCUT2D eigenvalue weighted by Crippen LogP contribution is 2.05. The first kappa shape index (κ1) is 22.4. The van der Waals surface area contributed by atoms with Crippen LogP contribution >= 0.6 is 0 Å². The van der Waals surface area contributed by atoms with E-state index in [1.165, 1.54) is 24.3 Å². The van der Waals surface area contributed by atoms with Gasteiger partial charge in [0.1, 0.15) is 10.5 Å². The maximum absolute atomic E-state index is 10.3. The fourth-order valence-corrected chi connectivity index (χ4v) is 1.25. The Bertz CT molecular complexity index is 606. The van der Waals surface area contributed by atoms with Gasteiger partial charge < -0.3 is 25.8 Å². The molecule has 0 aromatic heterocycles. The first-order chi connectivity index (χ1) is 11.7. The van der Waals surface area contributed by atoms with E-state index >= 15 is 0 Å². The number of hydrogen-bond acceptors (Lipinski definition) is 5. The van der Waals surface area contributed by atoms with Crippen LogP contribution in [0.25, 0.3) is 0 Å². The zero-order valence-corrected chi connectivity index (χ0v) is 17.6. The summed E-state index contributed by atoms with van der Waals surface area (Å²) in [5.74, 6) is -1.86. The quantitative estimate of drug-likeness (QED) is 0.464. The molecule has 25 heavy (non-hydrogen) atoms. The fourth-order valence-electron chi connectivity index (χ4n) is 1.25. The Morgan fingerprint density at radius 2 is 1.08 bits per heavy atom. The number of carboxylic acid groups (broad SMARTS) is 2. The van der Waals surface area contributed by atoms with E-state index in [1.54, 1.807) is 24.3 Å². The summed E-state index contributed by atoms with van der Waals surface area (Å²) < 4.78 is 5.03. The Labute approximate surface area is 151 Å². The second-order valence-electron chi connectivity index (χ2n) is 5.14. The SMILES string of the molecule is C[SiH](C)O[SiH3].Nc1ccc(C(=O)O)cc1.Nc1ccc(C(=O)O)cc1. The van der Waals surface area contributed by atoms with Gasteiger partial charge in [0.25, 0.3) is 0 Å². The van der Waals surface area contributed by atoms with Gasteiger partial charge in [-0.3, -0.25) is 0 Å². The normalized spacial score (nSPS) is 9.40. The molecule has 6 N–H and O–H groups in total. The maximum Gasteiger partial charge on any atom is 0.335 e. The van der Waals surface area contributed by atoms with Crippen LogP contribution in [0, 0.1) is 0 Å². The Morgan fingerprint density at radius 1 is 0.840 bits per heavy atom. The second-order valence-corrected chi connectivity index (χ2v) is 9.12. The molecule has 0 saturated carbocycles. The van der Waals surface area contributed by atoms with Gasteiger partial charge in [0, 0.05) is 11.4 Å². The monoisotopic (exact) mass is 380 g/mol. The van der Waals surface area contributed by atoms with E-state index in [0.717, 1.165) is 10.5 Å². The average Bonchev–Trinajstić information content (AvgIpc) is 2.56. The van der Waals surface area contributed by atoms with Crippen molar-refractivity contribution >= 4 is 42.8 Å². The van der Waals surface area contributed by atoms with Gasteiger partial charge >= 0.3 is 11.9 Å². The second kappa shape index (κ2) is 11.8. The highest BCUT2D eigenvalue weighted by atomic mass is 28.3. The molecular formula is C16H24N2O5Si2. The lowest BCUT2D eigenvalue weighted by Gasteiger charge is -1.93. The van der Waals surface area contributed by atoms with Crippen molar-refractivity contribution in [1.29, 1.82) is 0 Å². The van der Waals surface area contributed by atoms with Gasteiger partial charge in [-0.25, -0.2) is 9.59 Å². The van der Waals surface area contributed by atoms with Crippen molar-refractivity contribution in [1.82, 2.24) is 0 Å². The zero-order chi connectivity index (χ0) is 19.4. The fraction of sp³-hybridized carbons (Fsp3) is 0.125. The van der Waals surface area contributed by atoms with Crippen molar-refractivity contribution < 1.29 is 23.9 Å². The van der Waals surface area contributed by atoms with E-state index in [0.29, 0.717) is 11.4 Å². The molecule has 0 spiro atoms. The first-order valence-corrected chi connectivity index (χ1v) is 11.0. The number of rotatable bonds is 3. The third kappa shape index (κ3) is 10.7. The number of nitrogens with two attached hydrogens (primary N) is 2. The van der Waals surface area contributed by atoms with Gasteiger partial charge in [0.2, 0.25) is 0 Å². The molecule has 9 heteroatoms. The Kier molecular flexibility index (Phi) is 10.6. The summed E-state index contributed by atoms with van der Waals surface area (Å²) >= 11 is 0. The minimum absolute atomic E-state index is 0.259. The third-order valence-electron chi connectivity index (χ3n) is 2.79. The lowest BCUT2D eigenvalue weighted by atomic mass is 10.2. The standard InChI is InChI=1S/2C7H7NO2.C2H10OSi2/c2*8-6-3-1-5(2-4-6)7(9)10;1-5(2)3-4/h2*1-4H,8H2,(H,9,10);5H,1-2,4H3. The molecule has 136 valence electrons. The smallest absolute Gasteiger partial charge is 0.335 e. The number of carboxylic acids is 2. The molecular weight excluding hydrogens is 356 g/mol. The number of hydrogen-bond donors (Lipinski definition) is 4. The molecule has 0 saturated heterocycles. The van der Waals surface area contributed by atoms with Crippen LogP contribution in [0.1, 0.15) is 20.7 Å². The number of benzene rings is 2. The minimum Gasteiger partial charge on any atom is -0.478 e. The van der Waals surface area contributed by atoms with Crippen LogP contribution in [0.2, 0.25) is 13.1 Å². The average molecular weight is 381 g/mol. The molecule has 0 heterocycles. The number of nitrogen functional groups attached to an aromatic ring is 2. The minimum atomic E-state index is -0.931. The lowest BCUT2D eigenvalue weighted by Crippen LogP contribution is -2.02. The van der Waals surface area contributed by atoms with Gasteiger partial charge in [-0.1, -0.05) is 0 Å². The molecule has 0 aliphatic rings. The van der Waals surface area contributed by atoms with Crippen LogP contribution in [0.3, 0.4) is 0 Å². The highest BCUT2D eigenvalue weighted by Gasteiger charge is 1.99. The molecule has 0 bridgehead atoms. The van der Waals surface area contributed by atoms with Crippen LogP contribution < -0.4 is 11.5 Å². The van der Waals surface area contributed by atoms with Gasteiger partial charge in [-0.05, 0) is 61.6 Å². The molecule has 2 rings (SSSR count). The first-order valence-electron chi connectivity index (χ1n) is 7.37. The highest BCUT2D eigenvalue weighted by molar-refractivity contribution is 6.52. The summed E-state index contributed by atoms with van der Waals surface area (Å²) in [4.78, 5) is 20.5. The molecule has 0 unspecified atom stereocenters. The zero-order valence-electron chi connectivity index (χ0n) is 14.5. The predicted molar refractivity (Wildman–Crippen MR) is 106 cm³/mol. The van der Waals surface area contributed by atoms with Crippen LogP contribution in [0.15, 0.2) is 48.5 Å². The number of carbonyl (C=O) groups is 2. The predicted octanol–water partition coefficient (Wildman–Crippen LogP) is 1.20.